The van der Waals surface area contributed by atoms with Crippen molar-refractivity contribution in [2.24, 2.45) is 0 Å². The molecule has 4 nitrogen and oxygen atoms in total. The summed E-state index contributed by atoms with van der Waals surface area (Å²) >= 11 is 1.76. The molecule has 0 atom stereocenters. The molecular weight excluding hydrogens is 220 g/mol. The topological polar surface area (TPSA) is 53.6 Å². The Hall–Kier alpha value is -1.20. The van der Waals surface area contributed by atoms with Gasteiger partial charge in [0, 0.05) is 29.2 Å². The maximum atomic E-state index is 4.40. The van der Waals surface area contributed by atoms with Crippen LogP contribution in [0.2, 0.25) is 0 Å². The minimum atomic E-state index is 0.846. The molecule has 0 saturated heterocycles. The van der Waals surface area contributed by atoms with Gasteiger partial charge in [-0.2, -0.15) is 5.10 Å². The number of aryl methyl sites for hydroxylation is 3. The van der Waals surface area contributed by atoms with E-state index >= 15 is 0 Å². The van der Waals surface area contributed by atoms with Crippen LogP contribution in [-0.2, 0) is 13.1 Å². The highest BCUT2D eigenvalue weighted by atomic mass is 32.1. The Morgan fingerprint density at radius 1 is 1.31 bits per heavy atom. The molecule has 0 unspecified atom stereocenters. The van der Waals surface area contributed by atoms with E-state index < -0.39 is 0 Å². The summed E-state index contributed by atoms with van der Waals surface area (Å²) < 4.78 is 0. The first-order valence-corrected chi connectivity index (χ1v) is 6.11. The third-order valence-electron chi connectivity index (χ3n) is 2.53. The Kier molecular flexibility index (Phi) is 3.36. The smallest absolute Gasteiger partial charge is 0.0900 e. The van der Waals surface area contributed by atoms with E-state index in [9.17, 15) is 0 Å². The van der Waals surface area contributed by atoms with Crippen LogP contribution in [-0.4, -0.2) is 15.2 Å². The van der Waals surface area contributed by atoms with Gasteiger partial charge in [0.15, 0.2) is 0 Å². The zero-order valence-corrected chi connectivity index (χ0v) is 10.6. The van der Waals surface area contributed by atoms with E-state index in [0.717, 1.165) is 29.5 Å². The molecule has 5 heteroatoms. The van der Waals surface area contributed by atoms with Gasteiger partial charge in [-0.25, -0.2) is 4.98 Å². The Morgan fingerprint density at radius 3 is 2.69 bits per heavy atom. The molecule has 0 bridgehead atoms. The predicted molar refractivity (Wildman–Crippen MR) is 65.5 cm³/mol. The number of H-pyrrole nitrogens is 1. The fourth-order valence-electron chi connectivity index (χ4n) is 1.60. The fourth-order valence-corrected chi connectivity index (χ4v) is 2.51. The highest BCUT2D eigenvalue weighted by Crippen LogP contribution is 2.16. The van der Waals surface area contributed by atoms with Crippen LogP contribution in [0.1, 0.15) is 26.8 Å². The van der Waals surface area contributed by atoms with Crippen LogP contribution in [0, 0.1) is 20.8 Å². The van der Waals surface area contributed by atoms with E-state index in [2.05, 4.69) is 27.4 Å². The van der Waals surface area contributed by atoms with E-state index in [1.807, 2.05) is 20.0 Å². The van der Waals surface area contributed by atoms with Gasteiger partial charge in [0.25, 0.3) is 0 Å². The summed E-state index contributed by atoms with van der Waals surface area (Å²) in [6.45, 7) is 7.86. The molecule has 0 aliphatic rings. The molecule has 2 heterocycles. The van der Waals surface area contributed by atoms with Crippen molar-refractivity contribution in [2.75, 3.05) is 0 Å². The maximum absolute atomic E-state index is 4.40. The van der Waals surface area contributed by atoms with E-state index in [4.69, 9.17) is 0 Å². The standard InChI is InChI=1S/C11H16N4S/c1-7-10(5-13-15-7)4-12-6-11-8(2)14-9(3)16-11/h5,12H,4,6H2,1-3H3,(H,13,15). The lowest BCUT2D eigenvalue weighted by molar-refractivity contribution is 0.694. The highest BCUT2D eigenvalue weighted by Gasteiger charge is 2.05. The first-order valence-electron chi connectivity index (χ1n) is 5.29. The number of nitrogens with one attached hydrogen (secondary N) is 2. The van der Waals surface area contributed by atoms with Gasteiger partial charge in [-0.3, -0.25) is 5.10 Å². The monoisotopic (exact) mass is 236 g/mol. The SMILES string of the molecule is Cc1nc(C)c(CNCc2cn[nH]c2C)s1. The van der Waals surface area contributed by atoms with Crippen molar-refractivity contribution in [2.45, 2.75) is 33.9 Å². The third-order valence-corrected chi connectivity index (χ3v) is 3.61. The average Bonchev–Trinajstić information content (AvgIpc) is 2.75. The quantitative estimate of drug-likeness (QED) is 0.854. The number of nitrogens with zero attached hydrogens (tertiary/aromatic N) is 2. The Labute approximate surface area is 99.1 Å². The minimum absolute atomic E-state index is 0.846. The van der Waals surface area contributed by atoms with Crippen molar-refractivity contribution in [3.05, 3.63) is 33.0 Å². The van der Waals surface area contributed by atoms with E-state index in [-0.39, 0.29) is 0 Å². The number of hydrogen-bond acceptors (Lipinski definition) is 4. The molecule has 2 aromatic rings. The summed E-state index contributed by atoms with van der Waals surface area (Å²) in [4.78, 5) is 5.72. The van der Waals surface area contributed by atoms with Crippen LogP contribution in [0.3, 0.4) is 0 Å². The molecule has 0 fully saturated rings. The fraction of sp³-hybridized carbons (Fsp3) is 0.455. The average molecular weight is 236 g/mol. The summed E-state index contributed by atoms with van der Waals surface area (Å²) in [6.07, 6.45) is 1.87. The molecule has 0 radical (unpaired) electrons. The van der Waals surface area contributed by atoms with Gasteiger partial charge in [-0.05, 0) is 20.8 Å². The van der Waals surface area contributed by atoms with Gasteiger partial charge >= 0.3 is 0 Å². The summed E-state index contributed by atoms with van der Waals surface area (Å²) in [5.41, 5.74) is 3.49. The first kappa shape index (κ1) is 11.3. The van der Waals surface area contributed by atoms with Crippen molar-refractivity contribution < 1.29 is 0 Å². The molecule has 0 spiro atoms. The zero-order chi connectivity index (χ0) is 11.5. The maximum Gasteiger partial charge on any atom is 0.0900 e. The second-order valence-electron chi connectivity index (χ2n) is 3.87. The van der Waals surface area contributed by atoms with Crippen molar-refractivity contribution in [1.29, 1.82) is 0 Å². The number of hydrogen-bond donors (Lipinski definition) is 2. The Balaban J connectivity index is 1.89. The van der Waals surface area contributed by atoms with Crippen molar-refractivity contribution in [1.82, 2.24) is 20.5 Å². The highest BCUT2D eigenvalue weighted by molar-refractivity contribution is 7.11. The van der Waals surface area contributed by atoms with Crippen LogP contribution in [0.5, 0.6) is 0 Å². The summed E-state index contributed by atoms with van der Waals surface area (Å²) in [7, 11) is 0. The van der Waals surface area contributed by atoms with Gasteiger partial charge in [-0.1, -0.05) is 0 Å². The van der Waals surface area contributed by atoms with Gasteiger partial charge in [0.2, 0.25) is 0 Å². The molecule has 16 heavy (non-hydrogen) atoms. The third kappa shape index (κ3) is 2.48. The van der Waals surface area contributed by atoms with E-state index in [1.165, 1.54) is 10.4 Å². The first-order chi connectivity index (χ1) is 7.66. The Morgan fingerprint density at radius 2 is 2.12 bits per heavy atom. The zero-order valence-electron chi connectivity index (χ0n) is 9.79. The summed E-state index contributed by atoms with van der Waals surface area (Å²) in [5.74, 6) is 0. The van der Waals surface area contributed by atoms with E-state index in [1.54, 1.807) is 11.3 Å². The van der Waals surface area contributed by atoms with Gasteiger partial charge in [0.05, 0.1) is 16.9 Å². The van der Waals surface area contributed by atoms with Crippen LogP contribution < -0.4 is 5.32 Å². The second kappa shape index (κ2) is 4.76. The van der Waals surface area contributed by atoms with Crippen molar-refractivity contribution >= 4 is 11.3 Å². The number of thiazole rings is 1. The molecule has 86 valence electrons. The Bertz CT molecular complexity index is 472. The normalized spacial score (nSPS) is 10.9. The van der Waals surface area contributed by atoms with Crippen LogP contribution >= 0.6 is 11.3 Å². The molecule has 2 aromatic heterocycles. The summed E-state index contributed by atoms with van der Waals surface area (Å²) in [6, 6.07) is 0. The van der Waals surface area contributed by atoms with Crippen LogP contribution in [0.15, 0.2) is 6.20 Å². The molecule has 0 aliphatic heterocycles. The molecule has 2 rings (SSSR count). The minimum Gasteiger partial charge on any atom is -0.308 e. The predicted octanol–water partition coefficient (Wildman–Crippen LogP) is 2.08. The lowest BCUT2D eigenvalue weighted by Crippen LogP contribution is -2.12. The van der Waals surface area contributed by atoms with Gasteiger partial charge in [-0.15, -0.1) is 11.3 Å². The largest absolute Gasteiger partial charge is 0.308 e. The van der Waals surface area contributed by atoms with Gasteiger partial charge in [0.1, 0.15) is 0 Å². The molecule has 0 aliphatic carbocycles. The van der Waals surface area contributed by atoms with Crippen molar-refractivity contribution in [3.63, 3.8) is 0 Å². The number of rotatable bonds is 4. The lowest BCUT2D eigenvalue weighted by atomic mass is 10.2. The van der Waals surface area contributed by atoms with Crippen molar-refractivity contribution in [3.8, 4) is 0 Å². The van der Waals surface area contributed by atoms with Crippen LogP contribution in [0.25, 0.3) is 0 Å². The van der Waals surface area contributed by atoms with E-state index in [0.29, 0.717) is 0 Å². The molecule has 0 amide bonds. The van der Waals surface area contributed by atoms with Crippen LogP contribution in [0.4, 0.5) is 0 Å². The molecule has 0 saturated carbocycles. The molecular formula is C11H16N4S. The molecule has 2 N–H and O–H groups in total. The summed E-state index contributed by atoms with van der Waals surface area (Å²) in [5, 5.41) is 11.5. The molecule has 0 aromatic carbocycles. The van der Waals surface area contributed by atoms with Gasteiger partial charge < -0.3 is 5.32 Å². The second-order valence-corrected chi connectivity index (χ2v) is 5.15. The lowest BCUT2D eigenvalue weighted by Gasteiger charge is -2.02. The number of aromatic nitrogens is 3. The number of aromatic amines is 1.